The third-order valence-electron chi connectivity index (χ3n) is 6.69. The Bertz CT molecular complexity index is 1170. The van der Waals surface area contributed by atoms with Crippen LogP contribution in [-0.4, -0.2) is 58.2 Å². The van der Waals surface area contributed by atoms with Crippen LogP contribution in [0.3, 0.4) is 0 Å². The molecule has 0 aliphatic carbocycles. The SMILES string of the molecule is CNC(CSCc1c(O[Si](C)(C)C(C)(C)C)cc(OC)cc1C(=O)OCc1ccc([N+](=O)[O-])cc1)C(=O)OC. The summed E-state index contributed by atoms with van der Waals surface area (Å²) in [5.74, 6) is 0.801. The molecule has 0 aliphatic heterocycles. The van der Waals surface area contributed by atoms with Gasteiger partial charge in [-0.1, -0.05) is 20.8 Å². The van der Waals surface area contributed by atoms with Crippen LogP contribution in [0.15, 0.2) is 36.4 Å². The number of carbonyl (C=O) groups excluding carboxylic acids is 2. The van der Waals surface area contributed by atoms with Gasteiger partial charge in [-0.3, -0.25) is 14.9 Å². The van der Waals surface area contributed by atoms with Crippen LogP contribution in [0.1, 0.15) is 42.3 Å². The second-order valence-electron chi connectivity index (χ2n) is 10.4. The summed E-state index contributed by atoms with van der Waals surface area (Å²) in [6.45, 7) is 10.5. The molecular formula is C27H38N2O8SSi. The number of hydrogen-bond acceptors (Lipinski definition) is 10. The number of methoxy groups -OCH3 is 2. The number of non-ortho nitro benzene ring substituents is 1. The fourth-order valence-electron chi connectivity index (χ4n) is 3.22. The number of hydrogen-bond donors (Lipinski definition) is 1. The lowest BCUT2D eigenvalue weighted by Gasteiger charge is -2.37. The van der Waals surface area contributed by atoms with Crippen molar-refractivity contribution in [3.63, 3.8) is 0 Å². The van der Waals surface area contributed by atoms with E-state index in [0.29, 0.717) is 34.1 Å². The van der Waals surface area contributed by atoms with Crippen molar-refractivity contribution in [1.29, 1.82) is 0 Å². The highest BCUT2D eigenvalue weighted by molar-refractivity contribution is 7.98. The largest absolute Gasteiger partial charge is 0.543 e. The average molecular weight is 579 g/mol. The molecule has 0 saturated carbocycles. The molecule has 1 atom stereocenters. The fourth-order valence-corrected chi connectivity index (χ4v) is 5.42. The average Bonchev–Trinajstić information content (AvgIpc) is 2.89. The first-order valence-corrected chi connectivity index (χ1v) is 16.4. The van der Waals surface area contributed by atoms with Gasteiger partial charge < -0.3 is 24.0 Å². The maximum atomic E-state index is 13.4. The second-order valence-corrected chi connectivity index (χ2v) is 16.1. The van der Waals surface area contributed by atoms with Crippen LogP contribution >= 0.6 is 11.8 Å². The van der Waals surface area contributed by atoms with E-state index in [1.807, 2.05) is 0 Å². The van der Waals surface area contributed by atoms with Crippen molar-refractivity contribution in [3.05, 3.63) is 63.2 Å². The van der Waals surface area contributed by atoms with Gasteiger partial charge in [-0.15, -0.1) is 0 Å². The molecule has 0 spiro atoms. The Labute approximate surface area is 235 Å². The molecule has 0 bridgehead atoms. The summed E-state index contributed by atoms with van der Waals surface area (Å²) in [6.07, 6.45) is 0. The van der Waals surface area contributed by atoms with Crippen molar-refractivity contribution >= 4 is 37.7 Å². The minimum atomic E-state index is -2.31. The molecule has 12 heteroatoms. The highest BCUT2D eigenvalue weighted by Gasteiger charge is 2.40. The lowest BCUT2D eigenvalue weighted by atomic mass is 10.1. The Kier molecular flexibility index (Phi) is 11.4. The number of esters is 2. The Morgan fingerprint density at radius 3 is 2.28 bits per heavy atom. The van der Waals surface area contributed by atoms with E-state index in [2.05, 4.69) is 39.2 Å². The van der Waals surface area contributed by atoms with Gasteiger partial charge in [0.1, 0.15) is 24.1 Å². The van der Waals surface area contributed by atoms with E-state index in [-0.39, 0.29) is 28.9 Å². The van der Waals surface area contributed by atoms with E-state index < -0.39 is 25.3 Å². The fraction of sp³-hybridized carbons (Fsp3) is 0.481. The highest BCUT2D eigenvalue weighted by atomic mass is 32.2. The Morgan fingerprint density at radius 2 is 1.77 bits per heavy atom. The molecule has 10 nitrogen and oxygen atoms in total. The van der Waals surface area contributed by atoms with Gasteiger partial charge in [-0.2, -0.15) is 11.8 Å². The van der Waals surface area contributed by atoms with Crippen LogP contribution in [0.5, 0.6) is 11.5 Å². The summed E-state index contributed by atoms with van der Waals surface area (Å²) in [7, 11) is 2.23. The molecule has 0 heterocycles. The number of nitrogens with one attached hydrogen (secondary N) is 1. The van der Waals surface area contributed by atoms with E-state index in [4.69, 9.17) is 18.6 Å². The summed E-state index contributed by atoms with van der Waals surface area (Å²) in [4.78, 5) is 35.9. The van der Waals surface area contributed by atoms with Crippen LogP contribution in [0.2, 0.25) is 18.1 Å². The number of ether oxygens (including phenoxy) is 3. The highest BCUT2D eigenvalue weighted by Crippen LogP contribution is 2.41. The smallest absolute Gasteiger partial charge is 0.339 e. The molecule has 0 saturated heterocycles. The molecule has 0 aliphatic rings. The topological polar surface area (TPSA) is 126 Å². The van der Waals surface area contributed by atoms with Gasteiger partial charge in [-0.05, 0) is 48.9 Å². The zero-order valence-corrected chi connectivity index (χ0v) is 25.6. The standard InChI is InChI=1S/C27H38N2O8SSi/c1-27(2,3)39(7,8)37-24-14-20(34-5)13-21(22(24)16-38-17-23(28-4)26(31)35-6)25(30)36-15-18-9-11-19(12-10-18)29(32)33/h9-14,23,28H,15-17H2,1-8H3. The summed E-state index contributed by atoms with van der Waals surface area (Å²) < 4.78 is 22.6. The van der Waals surface area contributed by atoms with Gasteiger partial charge in [-0.25, -0.2) is 4.79 Å². The van der Waals surface area contributed by atoms with E-state index in [1.54, 1.807) is 31.3 Å². The number of carbonyl (C=O) groups is 2. The molecule has 0 fully saturated rings. The molecule has 2 aromatic rings. The van der Waals surface area contributed by atoms with Crippen molar-refractivity contribution < 1.29 is 33.1 Å². The van der Waals surface area contributed by atoms with Gasteiger partial charge in [0.25, 0.3) is 5.69 Å². The van der Waals surface area contributed by atoms with Gasteiger partial charge in [0.15, 0.2) is 0 Å². The first-order chi connectivity index (χ1) is 18.2. The molecule has 0 amide bonds. The molecule has 2 rings (SSSR count). The first-order valence-electron chi connectivity index (χ1n) is 12.4. The zero-order chi connectivity index (χ0) is 29.4. The summed E-state index contributed by atoms with van der Waals surface area (Å²) in [5.41, 5.74) is 1.49. The lowest BCUT2D eigenvalue weighted by molar-refractivity contribution is -0.384. The minimum Gasteiger partial charge on any atom is -0.543 e. The molecule has 2 aromatic carbocycles. The minimum absolute atomic E-state index is 0.0450. The van der Waals surface area contributed by atoms with Crippen LogP contribution in [-0.2, 0) is 26.6 Å². The second kappa shape index (κ2) is 13.8. The van der Waals surface area contributed by atoms with E-state index in [0.717, 1.165) is 0 Å². The van der Waals surface area contributed by atoms with E-state index in [1.165, 1.54) is 38.1 Å². The summed E-state index contributed by atoms with van der Waals surface area (Å²) in [6, 6.07) is 8.69. The number of thioether (sulfide) groups is 1. The Hall–Kier alpha value is -3.09. The quantitative estimate of drug-likeness (QED) is 0.144. The van der Waals surface area contributed by atoms with E-state index >= 15 is 0 Å². The predicted octanol–water partition coefficient (Wildman–Crippen LogP) is 5.34. The number of nitro groups is 1. The lowest BCUT2D eigenvalue weighted by Crippen LogP contribution is -2.44. The summed E-state index contributed by atoms with van der Waals surface area (Å²) in [5, 5.41) is 13.8. The maximum absolute atomic E-state index is 13.4. The van der Waals surface area contributed by atoms with Crippen LogP contribution in [0.4, 0.5) is 5.69 Å². The third kappa shape index (κ3) is 8.70. The van der Waals surface area contributed by atoms with Crippen molar-refractivity contribution in [1.82, 2.24) is 5.32 Å². The number of nitro benzene ring substituents is 1. The van der Waals surface area contributed by atoms with Crippen LogP contribution in [0, 0.1) is 10.1 Å². The van der Waals surface area contributed by atoms with Gasteiger partial charge in [0.2, 0.25) is 8.32 Å². The molecule has 1 unspecified atom stereocenters. The van der Waals surface area contributed by atoms with Crippen molar-refractivity contribution in [2.75, 3.05) is 27.0 Å². The van der Waals surface area contributed by atoms with Gasteiger partial charge in [0, 0.05) is 35.3 Å². The number of likely N-dealkylation sites (N-methyl/N-ethyl adjacent to an activating group) is 1. The first kappa shape index (κ1) is 32.1. The number of nitrogens with zero attached hydrogens (tertiary/aromatic N) is 1. The van der Waals surface area contributed by atoms with Crippen molar-refractivity contribution in [3.8, 4) is 11.5 Å². The Morgan fingerprint density at radius 1 is 1.13 bits per heavy atom. The zero-order valence-electron chi connectivity index (χ0n) is 23.8. The molecule has 0 aromatic heterocycles. The summed E-state index contributed by atoms with van der Waals surface area (Å²) >= 11 is 1.45. The Balaban J connectivity index is 2.42. The maximum Gasteiger partial charge on any atom is 0.339 e. The molecular weight excluding hydrogens is 540 g/mol. The molecule has 39 heavy (non-hydrogen) atoms. The van der Waals surface area contributed by atoms with E-state index in [9.17, 15) is 19.7 Å². The van der Waals surface area contributed by atoms with Crippen LogP contribution in [0.25, 0.3) is 0 Å². The normalized spacial score (nSPS) is 12.4. The van der Waals surface area contributed by atoms with Crippen LogP contribution < -0.4 is 14.5 Å². The molecule has 214 valence electrons. The molecule has 1 N–H and O–H groups in total. The third-order valence-corrected chi connectivity index (χ3v) is 12.1. The number of benzene rings is 2. The van der Waals surface area contributed by atoms with Crippen molar-refractivity contribution in [2.45, 2.75) is 57.3 Å². The predicted molar refractivity (Wildman–Crippen MR) is 154 cm³/mol. The number of rotatable bonds is 13. The van der Waals surface area contributed by atoms with Crippen molar-refractivity contribution in [2.24, 2.45) is 0 Å². The molecule has 0 radical (unpaired) electrons. The monoisotopic (exact) mass is 578 g/mol. The van der Waals surface area contributed by atoms with Gasteiger partial charge in [0.05, 0.1) is 24.7 Å². The van der Waals surface area contributed by atoms with Gasteiger partial charge >= 0.3 is 11.9 Å².